The van der Waals surface area contributed by atoms with Crippen LogP contribution in [-0.4, -0.2) is 50.7 Å². The normalized spacial score (nSPS) is 20.3. The summed E-state index contributed by atoms with van der Waals surface area (Å²) in [5.74, 6) is -2.06. The lowest BCUT2D eigenvalue weighted by molar-refractivity contribution is -0.147. The maximum absolute atomic E-state index is 13.0. The highest BCUT2D eigenvalue weighted by Gasteiger charge is 2.41. The number of halogens is 4. The van der Waals surface area contributed by atoms with Crippen LogP contribution in [0.25, 0.3) is 0 Å². The standard InChI is InChI=1S/C20H21ClF3N5O3/c1-26-18(20(22,23)24)25-29(19(26)32)15-6-8-27(9-7-15)17(31)12-10-16(30)28(11-12)14-4-2-13(21)3-5-14/h2-5,12,15H,6-11H2,1H3. The molecule has 8 nitrogen and oxygen atoms in total. The van der Waals surface area contributed by atoms with Gasteiger partial charge in [-0.1, -0.05) is 11.6 Å². The number of amides is 2. The number of carbonyl (C=O) groups excluding carboxylic acids is 2. The molecule has 2 fully saturated rings. The Morgan fingerprint density at radius 3 is 2.31 bits per heavy atom. The van der Waals surface area contributed by atoms with Crippen molar-refractivity contribution >= 4 is 29.1 Å². The largest absolute Gasteiger partial charge is 0.451 e. The van der Waals surface area contributed by atoms with Crippen LogP contribution in [0.4, 0.5) is 18.9 Å². The quantitative estimate of drug-likeness (QED) is 0.689. The van der Waals surface area contributed by atoms with Crippen LogP contribution in [-0.2, 0) is 22.8 Å². The Balaban J connectivity index is 1.40. The fraction of sp³-hybridized carbons (Fsp3) is 0.500. The predicted octanol–water partition coefficient (Wildman–Crippen LogP) is 2.47. The van der Waals surface area contributed by atoms with Crippen LogP contribution in [0, 0.1) is 5.92 Å². The highest BCUT2D eigenvalue weighted by Crippen LogP contribution is 2.30. The summed E-state index contributed by atoms with van der Waals surface area (Å²) in [6, 6.07) is 6.27. The van der Waals surface area contributed by atoms with E-state index in [-0.39, 0.29) is 37.9 Å². The third-order valence-corrected chi connectivity index (χ3v) is 6.24. The molecule has 2 aliphatic heterocycles. The first-order chi connectivity index (χ1) is 15.1. The maximum Gasteiger partial charge on any atom is 0.451 e. The third kappa shape index (κ3) is 4.13. The van der Waals surface area contributed by atoms with Crippen molar-refractivity contribution in [1.29, 1.82) is 0 Å². The number of anilines is 1. The Kier molecular flexibility index (Phi) is 5.78. The van der Waals surface area contributed by atoms with Crippen molar-refractivity contribution in [2.75, 3.05) is 24.5 Å². The summed E-state index contributed by atoms with van der Waals surface area (Å²) in [6.07, 6.45) is -4.01. The van der Waals surface area contributed by atoms with Crippen LogP contribution in [0.1, 0.15) is 31.1 Å². The summed E-state index contributed by atoms with van der Waals surface area (Å²) < 4.78 is 40.4. The third-order valence-electron chi connectivity index (χ3n) is 5.99. The van der Waals surface area contributed by atoms with E-state index in [1.165, 1.54) is 0 Å². The van der Waals surface area contributed by atoms with Crippen LogP contribution < -0.4 is 10.6 Å². The van der Waals surface area contributed by atoms with Crippen molar-refractivity contribution in [3.8, 4) is 0 Å². The molecule has 1 unspecified atom stereocenters. The summed E-state index contributed by atoms with van der Waals surface area (Å²) in [5, 5.41) is 4.04. The summed E-state index contributed by atoms with van der Waals surface area (Å²) in [7, 11) is 1.04. The molecule has 4 rings (SSSR count). The molecule has 0 spiro atoms. The number of hydrogen-bond donors (Lipinski definition) is 0. The lowest BCUT2D eigenvalue weighted by Gasteiger charge is -2.33. The molecule has 172 valence electrons. The monoisotopic (exact) mass is 471 g/mol. The average molecular weight is 472 g/mol. The van der Waals surface area contributed by atoms with Crippen molar-refractivity contribution in [2.45, 2.75) is 31.5 Å². The Morgan fingerprint density at radius 1 is 1.12 bits per heavy atom. The van der Waals surface area contributed by atoms with Gasteiger partial charge in [-0.3, -0.25) is 14.2 Å². The molecule has 0 bridgehead atoms. The Morgan fingerprint density at radius 2 is 1.75 bits per heavy atom. The Labute approximate surface area is 186 Å². The van der Waals surface area contributed by atoms with Gasteiger partial charge in [0.1, 0.15) is 0 Å². The van der Waals surface area contributed by atoms with Gasteiger partial charge in [-0.2, -0.15) is 13.2 Å². The van der Waals surface area contributed by atoms with E-state index in [1.54, 1.807) is 34.1 Å². The summed E-state index contributed by atoms with van der Waals surface area (Å²) >= 11 is 5.89. The molecular formula is C20H21ClF3N5O3. The SMILES string of the molecule is Cn1c(C(F)(F)F)nn(C2CCN(C(=O)C3CC(=O)N(c4ccc(Cl)cc4)C3)CC2)c1=O. The van der Waals surface area contributed by atoms with E-state index in [0.29, 0.717) is 28.1 Å². The number of alkyl halides is 3. The molecule has 0 radical (unpaired) electrons. The van der Waals surface area contributed by atoms with Crippen molar-refractivity contribution in [3.63, 3.8) is 0 Å². The molecule has 2 aromatic rings. The zero-order valence-electron chi connectivity index (χ0n) is 17.2. The van der Waals surface area contributed by atoms with E-state index >= 15 is 0 Å². The number of likely N-dealkylation sites (tertiary alicyclic amines) is 1. The molecule has 1 aromatic carbocycles. The number of benzene rings is 1. The number of piperidine rings is 1. The maximum atomic E-state index is 13.0. The molecule has 32 heavy (non-hydrogen) atoms. The van der Waals surface area contributed by atoms with Gasteiger partial charge in [0.25, 0.3) is 0 Å². The minimum Gasteiger partial charge on any atom is -0.342 e. The Bertz CT molecular complexity index is 1090. The summed E-state index contributed by atoms with van der Waals surface area (Å²) in [5.41, 5.74) is -0.162. The first-order valence-corrected chi connectivity index (χ1v) is 10.5. The minimum atomic E-state index is -4.72. The lowest BCUT2D eigenvalue weighted by atomic mass is 10.0. The van der Waals surface area contributed by atoms with E-state index < -0.39 is 29.7 Å². The smallest absolute Gasteiger partial charge is 0.342 e. The van der Waals surface area contributed by atoms with Gasteiger partial charge in [-0.05, 0) is 37.1 Å². The molecule has 2 aliphatic rings. The van der Waals surface area contributed by atoms with E-state index in [1.807, 2.05) is 0 Å². The zero-order chi connectivity index (χ0) is 23.2. The second-order valence-corrected chi connectivity index (χ2v) is 8.48. The summed E-state index contributed by atoms with van der Waals surface area (Å²) in [4.78, 5) is 40.8. The van der Waals surface area contributed by atoms with Crippen molar-refractivity contribution in [3.05, 3.63) is 45.6 Å². The molecule has 12 heteroatoms. The van der Waals surface area contributed by atoms with Gasteiger partial charge in [0.2, 0.25) is 17.6 Å². The van der Waals surface area contributed by atoms with Crippen LogP contribution in [0.15, 0.2) is 29.1 Å². The van der Waals surface area contributed by atoms with Crippen LogP contribution in [0.2, 0.25) is 5.02 Å². The first kappa shape index (κ1) is 22.4. The molecule has 0 saturated carbocycles. The minimum absolute atomic E-state index is 0.0933. The second-order valence-electron chi connectivity index (χ2n) is 8.05. The van der Waals surface area contributed by atoms with E-state index in [0.717, 1.165) is 11.7 Å². The van der Waals surface area contributed by atoms with E-state index in [9.17, 15) is 27.6 Å². The summed E-state index contributed by atoms with van der Waals surface area (Å²) in [6.45, 7) is 0.812. The fourth-order valence-electron chi connectivity index (χ4n) is 4.27. The number of aromatic nitrogens is 3. The van der Waals surface area contributed by atoms with Gasteiger partial charge in [0.15, 0.2) is 0 Å². The molecule has 2 saturated heterocycles. The van der Waals surface area contributed by atoms with E-state index in [2.05, 4.69) is 5.10 Å². The van der Waals surface area contributed by atoms with Crippen LogP contribution in [0.3, 0.4) is 0 Å². The van der Waals surface area contributed by atoms with Gasteiger partial charge >= 0.3 is 11.9 Å². The number of hydrogen-bond acceptors (Lipinski definition) is 4. The zero-order valence-corrected chi connectivity index (χ0v) is 17.9. The molecule has 3 heterocycles. The highest BCUT2D eigenvalue weighted by molar-refractivity contribution is 6.30. The van der Waals surface area contributed by atoms with E-state index in [4.69, 9.17) is 11.6 Å². The second kappa shape index (κ2) is 8.27. The van der Waals surface area contributed by atoms with Crippen LogP contribution in [0.5, 0.6) is 0 Å². The number of nitrogens with zero attached hydrogens (tertiary/aromatic N) is 5. The molecular weight excluding hydrogens is 451 g/mol. The number of carbonyl (C=O) groups is 2. The van der Waals surface area contributed by atoms with Crippen LogP contribution >= 0.6 is 11.6 Å². The van der Waals surface area contributed by atoms with Gasteiger partial charge in [-0.25, -0.2) is 9.48 Å². The lowest BCUT2D eigenvalue weighted by Crippen LogP contribution is -2.44. The van der Waals surface area contributed by atoms with Gasteiger partial charge in [0, 0.05) is 43.8 Å². The first-order valence-electron chi connectivity index (χ1n) is 10.1. The van der Waals surface area contributed by atoms with Crippen molar-refractivity contribution < 1.29 is 22.8 Å². The van der Waals surface area contributed by atoms with Gasteiger partial charge < -0.3 is 9.80 Å². The molecule has 0 N–H and O–H groups in total. The average Bonchev–Trinajstić information content (AvgIpc) is 3.28. The molecule has 1 atom stereocenters. The fourth-order valence-corrected chi connectivity index (χ4v) is 4.40. The highest BCUT2D eigenvalue weighted by atomic mass is 35.5. The molecule has 1 aromatic heterocycles. The topological polar surface area (TPSA) is 80.4 Å². The van der Waals surface area contributed by atoms with Crippen molar-refractivity contribution in [1.82, 2.24) is 19.2 Å². The number of rotatable bonds is 3. The van der Waals surface area contributed by atoms with Gasteiger partial charge in [0.05, 0.1) is 12.0 Å². The molecule has 2 amide bonds. The molecule has 0 aliphatic carbocycles. The van der Waals surface area contributed by atoms with Gasteiger partial charge in [-0.15, -0.1) is 5.10 Å². The Hall–Kier alpha value is -2.82. The predicted molar refractivity (Wildman–Crippen MR) is 109 cm³/mol. The van der Waals surface area contributed by atoms with Crippen molar-refractivity contribution in [2.24, 2.45) is 13.0 Å².